The third-order valence-electron chi connectivity index (χ3n) is 5.63. The van der Waals surface area contributed by atoms with Gasteiger partial charge in [0, 0.05) is 25.2 Å². The number of aryl methyl sites for hydroxylation is 1. The van der Waals surface area contributed by atoms with Gasteiger partial charge in [-0.15, -0.1) is 0 Å². The first-order chi connectivity index (χ1) is 14.0. The number of piperidine rings is 1. The number of nitrogens with one attached hydrogen (secondary N) is 1. The van der Waals surface area contributed by atoms with Gasteiger partial charge >= 0.3 is 6.09 Å². The predicted molar refractivity (Wildman–Crippen MR) is 109 cm³/mol. The van der Waals surface area contributed by atoms with E-state index in [9.17, 15) is 26.0 Å². The van der Waals surface area contributed by atoms with Crippen LogP contribution in [0.4, 0.5) is 9.18 Å². The van der Waals surface area contributed by atoms with Crippen LogP contribution in [0.15, 0.2) is 23.1 Å². The van der Waals surface area contributed by atoms with Crippen molar-refractivity contribution in [2.45, 2.75) is 48.9 Å². The van der Waals surface area contributed by atoms with Gasteiger partial charge in [-0.25, -0.2) is 26.0 Å². The number of likely N-dealkylation sites (tertiary alicyclic amines) is 1. The van der Waals surface area contributed by atoms with E-state index in [1.165, 1.54) is 19.1 Å². The summed E-state index contributed by atoms with van der Waals surface area (Å²) in [7, 11) is -7.51. The highest BCUT2D eigenvalue weighted by atomic mass is 32.2. The molecule has 0 aromatic heterocycles. The lowest BCUT2D eigenvalue weighted by atomic mass is 10.0. The van der Waals surface area contributed by atoms with Gasteiger partial charge in [0.2, 0.25) is 0 Å². The van der Waals surface area contributed by atoms with Gasteiger partial charge in [0.05, 0.1) is 28.3 Å². The van der Waals surface area contributed by atoms with Crippen LogP contribution in [0.2, 0.25) is 0 Å². The molecule has 0 unspecified atom stereocenters. The van der Waals surface area contributed by atoms with E-state index in [-0.39, 0.29) is 28.3 Å². The molecule has 2 atom stereocenters. The van der Waals surface area contributed by atoms with Gasteiger partial charge in [-0.05, 0) is 50.5 Å². The summed E-state index contributed by atoms with van der Waals surface area (Å²) in [5, 5.41) is 2.06. The topological polar surface area (TPSA) is 110 Å². The van der Waals surface area contributed by atoms with Crippen LogP contribution >= 0.6 is 0 Å². The summed E-state index contributed by atoms with van der Waals surface area (Å²) in [4.78, 5) is 13.3. The lowest BCUT2D eigenvalue weighted by Gasteiger charge is -2.34. The largest absolute Gasteiger partial charge is 0.450 e. The Balaban J connectivity index is 1.74. The van der Waals surface area contributed by atoms with Crippen LogP contribution in [0.1, 0.15) is 25.3 Å². The highest BCUT2D eigenvalue weighted by Gasteiger charge is 2.46. The number of rotatable bonds is 5. The summed E-state index contributed by atoms with van der Waals surface area (Å²) < 4.78 is 69.4. The zero-order valence-electron chi connectivity index (χ0n) is 17.0. The van der Waals surface area contributed by atoms with Crippen molar-refractivity contribution in [3.8, 4) is 0 Å². The maximum atomic E-state index is 13.6. The van der Waals surface area contributed by atoms with Gasteiger partial charge in [0.15, 0.2) is 19.7 Å². The second kappa shape index (κ2) is 8.80. The van der Waals surface area contributed by atoms with Gasteiger partial charge in [-0.2, -0.15) is 0 Å². The lowest BCUT2D eigenvalue weighted by Crippen LogP contribution is -2.52. The molecule has 3 rings (SSSR count). The molecule has 0 bridgehead atoms. The molecule has 0 saturated carbocycles. The molecule has 2 heterocycles. The fourth-order valence-electron chi connectivity index (χ4n) is 3.99. The molecule has 11 heteroatoms. The van der Waals surface area contributed by atoms with E-state index in [0.717, 1.165) is 6.07 Å². The van der Waals surface area contributed by atoms with Crippen molar-refractivity contribution in [1.82, 2.24) is 10.2 Å². The van der Waals surface area contributed by atoms with Crippen LogP contribution in [0.5, 0.6) is 0 Å². The molecule has 0 radical (unpaired) electrons. The summed E-state index contributed by atoms with van der Waals surface area (Å²) in [6, 6.07) is 2.63. The number of hydrogen-bond donors (Lipinski definition) is 1. The lowest BCUT2D eigenvalue weighted by molar-refractivity contribution is 0.0945. The highest BCUT2D eigenvalue weighted by Crippen LogP contribution is 2.28. The first kappa shape index (κ1) is 23.0. The van der Waals surface area contributed by atoms with Crippen LogP contribution in [-0.2, 0) is 24.4 Å². The third kappa shape index (κ3) is 4.94. The number of ether oxygens (including phenoxy) is 1. The minimum absolute atomic E-state index is 0.0765. The summed E-state index contributed by atoms with van der Waals surface area (Å²) >= 11 is 0. The quantitative estimate of drug-likeness (QED) is 0.657. The van der Waals surface area contributed by atoms with Crippen LogP contribution in [-0.4, -0.2) is 76.4 Å². The standard InChI is InChI=1S/C19H27FN2O6S2/c1-3-28-19(23)22-8-6-14(7-9-22)21-17-11-29(24,25)12-18(17)30(26,27)15-4-5-16(20)13(2)10-15/h4-5,10,14,17-18,21H,3,6-9,11-12H2,1-2H3/t17-,18-/m1/s1. The third-order valence-corrected chi connectivity index (χ3v) is 9.78. The summed E-state index contributed by atoms with van der Waals surface area (Å²) in [6.45, 7) is 4.39. The van der Waals surface area contributed by atoms with Crippen molar-refractivity contribution >= 4 is 25.8 Å². The Bertz CT molecular complexity index is 1000. The Morgan fingerprint density at radius 3 is 2.53 bits per heavy atom. The van der Waals surface area contributed by atoms with E-state index in [1.54, 1.807) is 11.8 Å². The SMILES string of the molecule is CCOC(=O)N1CCC(N[C@@H]2CS(=O)(=O)C[C@H]2S(=O)(=O)c2ccc(F)c(C)c2)CC1. The second-order valence-electron chi connectivity index (χ2n) is 7.80. The average Bonchev–Trinajstić information content (AvgIpc) is 2.99. The summed E-state index contributed by atoms with van der Waals surface area (Å²) in [5.74, 6) is -1.25. The number of amides is 1. The number of sulfone groups is 2. The number of hydrogen-bond acceptors (Lipinski definition) is 7. The molecule has 168 valence electrons. The van der Waals surface area contributed by atoms with Gasteiger partial charge in [-0.1, -0.05) is 0 Å². The van der Waals surface area contributed by atoms with E-state index in [0.29, 0.717) is 32.5 Å². The number of carbonyl (C=O) groups excluding carboxylic acids is 1. The molecule has 30 heavy (non-hydrogen) atoms. The maximum absolute atomic E-state index is 13.6. The first-order valence-electron chi connectivity index (χ1n) is 9.91. The highest BCUT2D eigenvalue weighted by molar-refractivity contribution is 7.96. The van der Waals surface area contributed by atoms with E-state index in [4.69, 9.17) is 4.74 Å². The molecule has 1 amide bonds. The van der Waals surface area contributed by atoms with Gasteiger partial charge in [0.25, 0.3) is 0 Å². The monoisotopic (exact) mass is 462 g/mol. The Morgan fingerprint density at radius 1 is 1.27 bits per heavy atom. The average molecular weight is 463 g/mol. The zero-order chi connectivity index (χ0) is 22.1. The zero-order valence-corrected chi connectivity index (χ0v) is 18.6. The Labute approximate surface area is 176 Å². The molecule has 0 aliphatic carbocycles. The van der Waals surface area contributed by atoms with E-state index >= 15 is 0 Å². The van der Waals surface area contributed by atoms with Crippen molar-refractivity contribution in [3.63, 3.8) is 0 Å². The summed E-state index contributed by atoms with van der Waals surface area (Å²) in [5.41, 5.74) is 0.188. The van der Waals surface area contributed by atoms with Crippen molar-refractivity contribution in [1.29, 1.82) is 0 Å². The fraction of sp³-hybridized carbons (Fsp3) is 0.632. The molecule has 2 fully saturated rings. The second-order valence-corrected chi connectivity index (χ2v) is 12.1. The van der Waals surface area contributed by atoms with Crippen LogP contribution in [0, 0.1) is 12.7 Å². The number of carbonyl (C=O) groups is 1. The molecule has 2 aliphatic rings. The van der Waals surface area contributed by atoms with Gasteiger partial charge in [0.1, 0.15) is 5.82 Å². The van der Waals surface area contributed by atoms with Crippen LogP contribution < -0.4 is 5.32 Å². The van der Waals surface area contributed by atoms with Gasteiger partial charge < -0.3 is 15.0 Å². The molecule has 8 nitrogen and oxygen atoms in total. The van der Waals surface area contributed by atoms with Crippen LogP contribution in [0.25, 0.3) is 0 Å². The van der Waals surface area contributed by atoms with Crippen LogP contribution in [0.3, 0.4) is 0 Å². The molecule has 1 aromatic carbocycles. The van der Waals surface area contributed by atoms with E-state index < -0.39 is 42.5 Å². The minimum Gasteiger partial charge on any atom is -0.450 e. The molecule has 2 saturated heterocycles. The Morgan fingerprint density at radius 2 is 1.93 bits per heavy atom. The molecular formula is C19H27FN2O6S2. The molecule has 1 N–H and O–H groups in total. The molecule has 0 spiro atoms. The fourth-order valence-corrected chi connectivity index (χ4v) is 8.75. The smallest absolute Gasteiger partial charge is 0.409 e. The van der Waals surface area contributed by atoms with Crippen molar-refractivity contribution in [2.24, 2.45) is 0 Å². The molecule has 1 aromatic rings. The normalized spacial score (nSPS) is 24.7. The van der Waals surface area contributed by atoms with Crippen molar-refractivity contribution < 1.29 is 30.8 Å². The molecule has 2 aliphatic heterocycles. The van der Waals surface area contributed by atoms with Crippen molar-refractivity contribution in [2.75, 3.05) is 31.2 Å². The van der Waals surface area contributed by atoms with Crippen molar-refractivity contribution in [3.05, 3.63) is 29.6 Å². The number of benzene rings is 1. The predicted octanol–water partition coefficient (Wildman–Crippen LogP) is 1.28. The minimum atomic E-state index is -3.97. The number of nitrogens with zero attached hydrogens (tertiary/aromatic N) is 1. The van der Waals surface area contributed by atoms with E-state index in [2.05, 4.69) is 5.32 Å². The maximum Gasteiger partial charge on any atom is 0.409 e. The Hall–Kier alpha value is -1.72. The number of halogens is 1. The Kier molecular flexibility index (Phi) is 6.73. The van der Waals surface area contributed by atoms with Gasteiger partial charge in [-0.3, -0.25) is 0 Å². The first-order valence-corrected chi connectivity index (χ1v) is 13.3. The van der Waals surface area contributed by atoms with E-state index in [1.807, 2.05) is 0 Å². The summed E-state index contributed by atoms with van der Waals surface area (Å²) in [6.07, 6.45) is 0.752. The molecular weight excluding hydrogens is 435 g/mol.